The lowest BCUT2D eigenvalue weighted by atomic mass is 9.77. The Morgan fingerprint density at radius 3 is 2.48 bits per heavy atom. The van der Waals surface area contributed by atoms with Gasteiger partial charge in [-0.2, -0.15) is 0 Å². The zero-order valence-corrected chi connectivity index (χ0v) is 18.5. The summed E-state index contributed by atoms with van der Waals surface area (Å²) in [6, 6.07) is 6.88. The molecule has 1 aromatic carbocycles. The van der Waals surface area contributed by atoms with Crippen LogP contribution in [0.4, 0.5) is 0 Å². The molecule has 0 bridgehead atoms. The molecule has 3 atom stereocenters. The van der Waals surface area contributed by atoms with Gasteiger partial charge < -0.3 is 0 Å². The van der Waals surface area contributed by atoms with Crippen molar-refractivity contribution in [1.82, 2.24) is 4.98 Å². The first-order chi connectivity index (χ1) is 13.8. The zero-order chi connectivity index (χ0) is 20.7. The number of hydrogen-bond acceptors (Lipinski definition) is 2. The van der Waals surface area contributed by atoms with E-state index >= 15 is 0 Å². The molecule has 1 aliphatic carbocycles. The number of aromatic nitrogens is 1. The summed E-state index contributed by atoms with van der Waals surface area (Å²) in [4.78, 5) is 9.83. The van der Waals surface area contributed by atoms with Crippen LogP contribution in [-0.4, -0.2) is 10.7 Å². The smallest absolute Gasteiger partial charge is 0.0708 e. The van der Waals surface area contributed by atoms with Gasteiger partial charge in [-0.15, -0.1) is 0 Å². The third-order valence-corrected chi connectivity index (χ3v) is 6.42. The fourth-order valence-electron chi connectivity index (χ4n) is 4.60. The van der Waals surface area contributed by atoms with Gasteiger partial charge in [-0.1, -0.05) is 58.9 Å². The predicted octanol–water partition coefficient (Wildman–Crippen LogP) is 7.12. The number of aliphatic imine (C=N–C) groups is 1. The van der Waals surface area contributed by atoms with Gasteiger partial charge in [-0.3, -0.25) is 9.98 Å². The molecule has 1 aliphatic heterocycles. The number of hydrogen-bond donors (Lipinski definition) is 0. The maximum Gasteiger partial charge on any atom is 0.0708 e. The summed E-state index contributed by atoms with van der Waals surface area (Å²) in [5, 5.41) is 1.28. The number of allylic oxidation sites excluding steroid dienone is 5. The molecule has 29 heavy (non-hydrogen) atoms. The van der Waals surface area contributed by atoms with Gasteiger partial charge in [0.2, 0.25) is 0 Å². The van der Waals surface area contributed by atoms with Gasteiger partial charge in [-0.05, 0) is 65.7 Å². The van der Waals surface area contributed by atoms with Gasteiger partial charge in [0.1, 0.15) is 0 Å². The van der Waals surface area contributed by atoms with Crippen LogP contribution in [0.25, 0.3) is 10.9 Å². The van der Waals surface area contributed by atoms with Crippen LogP contribution in [0.15, 0.2) is 65.5 Å². The highest BCUT2D eigenvalue weighted by molar-refractivity contribution is 6.02. The first-order valence-corrected chi connectivity index (χ1v) is 10.9. The number of benzene rings is 1. The van der Waals surface area contributed by atoms with Gasteiger partial charge in [0.25, 0.3) is 0 Å². The van der Waals surface area contributed by atoms with Crippen LogP contribution in [0.5, 0.6) is 0 Å². The van der Waals surface area contributed by atoms with Crippen molar-refractivity contribution in [2.45, 2.75) is 53.4 Å². The lowest BCUT2D eigenvalue weighted by Crippen LogP contribution is -2.24. The van der Waals surface area contributed by atoms with E-state index in [0.717, 1.165) is 11.2 Å². The maximum atomic E-state index is 5.10. The predicted molar refractivity (Wildman–Crippen MR) is 125 cm³/mol. The average Bonchev–Trinajstić information content (AvgIpc) is 2.71. The second-order valence-corrected chi connectivity index (χ2v) is 9.29. The van der Waals surface area contributed by atoms with Crippen LogP contribution in [-0.2, 0) is 0 Å². The lowest BCUT2D eigenvalue weighted by molar-refractivity contribution is 0.391. The Balaban J connectivity index is 1.72. The first kappa shape index (κ1) is 19.8. The first-order valence-electron chi connectivity index (χ1n) is 10.9. The van der Waals surface area contributed by atoms with Crippen molar-refractivity contribution in [1.29, 1.82) is 0 Å². The third kappa shape index (κ3) is 3.73. The molecular formula is C27H32N2. The molecule has 150 valence electrons. The van der Waals surface area contributed by atoms with E-state index in [1.807, 2.05) is 6.20 Å². The molecule has 3 unspecified atom stereocenters. The Hall–Kier alpha value is -2.48. The molecule has 2 heteroatoms. The zero-order valence-electron chi connectivity index (χ0n) is 18.5. The Labute approximate surface area is 175 Å². The Morgan fingerprint density at radius 2 is 1.76 bits per heavy atom. The Kier molecular flexibility index (Phi) is 5.29. The highest BCUT2D eigenvalue weighted by Gasteiger charge is 2.29. The molecule has 0 radical (unpaired) electrons. The summed E-state index contributed by atoms with van der Waals surface area (Å²) in [6.07, 6.45) is 13.3. The fraction of sp³-hybridized carbons (Fsp3) is 0.407. The largest absolute Gasteiger partial charge is 0.257 e. The fourth-order valence-corrected chi connectivity index (χ4v) is 4.60. The molecule has 0 saturated carbocycles. The van der Waals surface area contributed by atoms with Crippen LogP contribution >= 0.6 is 0 Å². The van der Waals surface area contributed by atoms with Crippen LogP contribution in [0.2, 0.25) is 0 Å². The van der Waals surface area contributed by atoms with E-state index in [1.165, 1.54) is 27.8 Å². The van der Waals surface area contributed by atoms with Crippen molar-refractivity contribution in [3.05, 3.63) is 77.2 Å². The summed E-state index contributed by atoms with van der Waals surface area (Å²) in [6.45, 7) is 13.5. The molecule has 0 saturated heterocycles. The van der Waals surface area contributed by atoms with Crippen molar-refractivity contribution in [2.24, 2.45) is 22.7 Å². The number of pyridine rings is 1. The summed E-state index contributed by atoms with van der Waals surface area (Å²) >= 11 is 0. The van der Waals surface area contributed by atoms with Crippen LogP contribution in [0.3, 0.4) is 0 Å². The van der Waals surface area contributed by atoms with Crippen molar-refractivity contribution in [3.8, 4) is 0 Å². The van der Waals surface area contributed by atoms with Gasteiger partial charge >= 0.3 is 0 Å². The average molecular weight is 385 g/mol. The molecule has 0 amide bonds. The van der Waals surface area contributed by atoms with Crippen molar-refractivity contribution in [2.75, 3.05) is 0 Å². The molecule has 0 N–H and O–H groups in total. The van der Waals surface area contributed by atoms with Crippen LogP contribution < -0.4 is 0 Å². The number of rotatable bonds is 4. The molecule has 2 heterocycles. The second-order valence-electron chi connectivity index (χ2n) is 9.29. The number of nitrogens with zero attached hydrogens (tertiary/aromatic N) is 2. The summed E-state index contributed by atoms with van der Waals surface area (Å²) in [5.74, 6) is 2.25. The van der Waals surface area contributed by atoms with Crippen LogP contribution in [0, 0.1) is 24.7 Å². The van der Waals surface area contributed by atoms with E-state index < -0.39 is 0 Å². The second kappa shape index (κ2) is 7.74. The van der Waals surface area contributed by atoms with Gasteiger partial charge in [0.05, 0.1) is 5.52 Å². The minimum atomic E-state index is 0.238. The monoisotopic (exact) mass is 384 g/mol. The number of aryl methyl sites for hydroxylation is 1. The highest BCUT2D eigenvalue weighted by Crippen LogP contribution is 2.37. The minimum absolute atomic E-state index is 0.238. The lowest BCUT2D eigenvalue weighted by Gasteiger charge is -2.31. The Morgan fingerprint density at radius 1 is 0.966 bits per heavy atom. The van der Waals surface area contributed by atoms with E-state index in [2.05, 4.69) is 90.1 Å². The van der Waals surface area contributed by atoms with E-state index in [-0.39, 0.29) is 5.92 Å². The normalized spacial score (nSPS) is 22.1. The van der Waals surface area contributed by atoms with Gasteiger partial charge in [-0.25, -0.2) is 0 Å². The van der Waals surface area contributed by atoms with Crippen molar-refractivity contribution >= 4 is 16.6 Å². The number of dihydropyridines is 1. The number of fused-ring (bicyclic) bond motifs is 2. The SMILES string of the molecule is Cc1cnc2cc(C(C)C3=NC4=CC=CC(C(C)C)C4C=C3)cc(C(C)C)c2c1. The standard InChI is InChI=1S/C27H32N2/c1-16(2)21-8-7-9-26-22(21)10-11-25(29-26)19(6)20-13-23(17(3)4)24-12-18(5)15-28-27(24)14-20/h7-17,19,21-22H,1-6H3. The van der Waals surface area contributed by atoms with E-state index in [1.54, 1.807) is 0 Å². The molecule has 1 aromatic heterocycles. The quantitative estimate of drug-likeness (QED) is 0.551. The van der Waals surface area contributed by atoms with Gasteiger partial charge in [0, 0.05) is 34.8 Å². The van der Waals surface area contributed by atoms with E-state index in [0.29, 0.717) is 23.7 Å². The minimum Gasteiger partial charge on any atom is -0.257 e. The van der Waals surface area contributed by atoms with Gasteiger partial charge in [0.15, 0.2) is 0 Å². The highest BCUT2D eigenvalue weighted by atomic mass is 14.8. The van der Waals surface area contributed by atoms with E-state index in [4.69, 9.17) is 9.98 Å². The molecule has 4 rings (SSSR count). The Bertz CT molecular complexity index is 1050. The van der Waals surface area contributed by atoms with Crippen molar-refractivity contribution < 1.29 is 0 Å². The third-order valence-electron chi connectivity index (χ3n) is 6.42. The van der Waals surface area contributed by atoms with Crippen LogP contribution in [0.1, 0.15) is 63.1 Å². The van der Waals surface area contributed by atoms with E-state index in [9.17, 15) is 0 Å². The molecule has 0 fully saturated rings. The summed E-state index contributed by atoms with van der Waals surface area (Å²) in [7, 11) is 0. The molecule has 2 nitrogen and oxygen atoms in total. The molecule has 0 spiro atoms. The van der Waals surface area contributed by atoms with Crippen molar-refractivity contribution in [3.63, 3.8) is 0 Å². The summed E-state index contributed by atoms with van der Waals surface area (Å²) < 4.78 is 0. The molecule has 2 aliphatic rings. The molecule has 2 aromatic rings. The maximum absolute atomic E-state index is 5.10. The topological polar surface area (TPSA) is 25.2 Å². The summed E-state index contributed by atoms with van der Waals surface area (Å²) in [5.41, 5.74) is 7.32. The molecular weight excluding hydrogens is 352 g/mol.